The first-order valence-electron chi connectivity index (χ1n) is 10.6. The van der Waals surface area contributed by atoms with Gasteiger partial charge < -0.3 is 50.0 Å². The Morgan fingerprint density at radius 2 is 1.62 bits per heavy atom. The number of carboxylic acids is 1. The Hall–Kier alpha value is -3.15. The fourth-order valence-corrected chi connectivity index (χ4v) is 3.05. The van der Waals surface area contributed by atoms with Crippen molar-refractivity contribution >= 4 is 18.1 Å². The second-order valence-electron chi connectivity index (χ2n) is 7.62. The molecule has 10 heteroatoms. The van der Waals surface area contributed by atoms with Gasteiger partial charge in [-0.15, -0.1) is 0 Å². The zero-order valence-electron chi connectivity index (χ0n) is 18.5. The molecule has 1 aliphatic rings. The van der Waals surface area contributed by atoms with E-state index < -0.39 is 43.3 Å². The summed E-state index contributed by atoms with van der Waals surface area (Å²) in [4.78, 5) is 9.49. The second-order valence-corrected chi connectivity index (χ2v) is 7.62. The van der Waals surface area contributed by atoms with Crippen molar-refractivity contribution in [3.8, 4) is 17.2 Å². The maximum Gasteiger partial charge on any atom is 0.229 e. The third-order valence-corrected chi connectivity index (χ3v) is 4.83. The molecule has 0 unspecified atom stereocenters. The van der Waals surface area contributed by atoms with E-state index >= 15 is 0 Å². The zero-order chi connectivity index (χ0) is 25.3. The van der Waals surface area contributed by atoms with Crippen LogP contribution in [0.25, 0.3) is 12.2 Å². The van der Waals surface area contributed by atoms with Crippen LogP contribution in [0, 0.1) is 0 Å². The molecular formula is C24H29O10-. The molecule has 3 rings (SSSR count). The highest BCUT2D eigenvalue weighted by Gasteiger charge is 2.44. The molecule has 0 aliphatic carbocycles. The van der Waals surface area contributed by atoms with Crippen LogP contribution in [0.1, 0.15) is 30.9 Å². The van der Waals surface area contributed by atoms with Crippen LogP contribution >= 0.6 is 0 Å². The molecule has 1 aliphatic heterocycles. The van der Waals surface area contributed by atoms with E-state index in [2.05, 4.69) is 0 Å². The fraction of sp³-hybridized carbons (Fsp3) is 0.375. The highest BCUT2D eigenvalue weighted by molar-refractivity contribution is 5.71. The van der Waals surface area contributed by atoms with Crippen molar-refractivity contribution in [2.45, 2.75) is 50.5 Å². The predicted octanol–water partition coefficient (Wildman–Crippen LogP) is -0.0167. The number of aliphatic hydroxyl groups is 4. The number of carbonyl (C=O) groups is 1. The van der Waals surface area contributed by atoms with Gasteiger partial charge in [-0.1, -0.05) is 37.6 Å². The highest BCUT2D eigenvalue weighted by Crippen LogP contribution is 2.28. The maximum absolute atomic E-state index is 10.1. The first-order chi connectivity index (χ1) is 16.1. The molecule has 1 saturated heterocycles. The fourth-order valence-electron chi connectivity index (χ4n) is 3.05. The van der Waals surface area contributed by atoms with Crippen LogP contribution in [0.4, 0.5) is 0 Å². The lowest BCUT2D eigenvalue weighted by molar-refractivity contribution is -0.305. The SMILES string of the molecule is CCCC(=O)[O-].OC[C@H]1O[C@@H](Oc2cc(O)cc(/C=C/c3ccc(O)cc3)c2)[C@H](O)[C@@H](O)[C@@H]1O. The van der Waals surface area contributed by atoms with Crippen LogP contribution in [-0.4, -0.2) is 73.9 Å². The Labute approximate surface area is 196 Å². The van der Waals surface area contributed by atoms with Crippen molar-refractivity contribution in [2.24, 2.45) is 0 Å². The van der Waals surface area contributed by atoms with Crippen molar-refractivity contribution in [1.82, 2.24) is 0 Å². The third kappa shape index (κ3) is 8.01. The van der Waals surface area contributed by atoms with E-state index in [0.29, 0.717) is 12.0 Å². The van der Waals surface area contributed by atoms with Crippen molar-refractivity contribution < 1.29 is 50.0 Å². The van der Waals surface area contributed by atoms with E-state index in [-0.39, 0.29) is 23.7 Å². The monoisotopic (exact) mass is 477 g/mol. The van der Waals surface area contributed by atoms with Crippen molar-refractivity contribution in [3.63, 3.8) is 0 Å². The number of phenols is 2. The minimum atomic E-state index is -1.55. The van der Waals surface area contributed by atoms with Crippen LogP contribution in [0.15, 0.2) is 42.5 Å². The Morgan fingerprint density at radius 3 is 2.18 bits per heavy atom. The highest BCUT2D eigenvalue weighted by atomic mass is 16.7. The van der Waals surface area contributed by atoms with Gasteiger partial charge in [0.15, 0.2) is 0 Å². The van der Waals surface area contributed by atoms with E-state index in [9.17, 15) is 40.5 Å². The van der Waals surface area contributed by atoms with Crippen LogP contribution in [0.3, 0.4) is 0 Å². The van der Waals surface area contributed by atoms with Gasteiger partial charge >= 0.3 is 0 Å². The molecule has 2 aromatic carbocycles. The minimum absolute atomic E-state index is 0.0903. The lowest BCUT2D eigenvalue weighted by Crippen LogP contribution is -2.60. The van der Waals surface area contributed by atoms with Crippen molar-refractivity contribution in [3.05, 3.63) is 53.6 Å². The second kappa shape index (κ2) is 12.9. The smallest absolute Gasteiger partial charge is 0.229 e. The molecule has 0 amide bonds. The number of carboxylic acid groups (broad SMARTS) is 1. The van der Waals surface area contributed by atoms with Gasteiger partial charge in [0, 0.05) is 12.0 Å². The van der Waals surface area contributed by atoms with Gasteiger partial charge in [-0.3, -0.25) is 0 Å². The Kier molecular flexibility index (Phi) is 10.3. The number of aromatic hydroxyl groups is 2. The molecule has 10 nitrogen and oxygen atoms in total. The van der Waals surface area contributed by atoms with Gasteiger partial charge in [-0.05, 0) is 41.8 Å². The summed E-state index contributed by atoms with van der Waals surface area (Å²) in [5.41, 5.74) is 1.42. The van der Waals surface area contributed by atoms with Gasteiger partial charge in [-0.25, -0.2) is 0 Å². The Morgan fingerprint density at radius 1 is 0.971 bits per heavy atom. The molecule has 0 bridgehead atoms. The predicted molar refractivity (Wildman–Crippen MR) is 119 cm³/mol. The summed E-state index contributed by atoms with van der Waals surface area (Å²) in [7, 11) is 0. The van der Waals surface area contributed by atoms with Crippen molar-refractivity contribution in [1.29, 1.82) is 0 Å². The number of aliphatic carboxylic acids is 1. The number of rotatable bonds is 7. The molecule has 1 heterocycles. The lowest BCUT2D eigenvalue weighted by atomic mass is 9.99. The topological polar surface area (TPSA) is 180 Å². The molecule has 6 N–H and O–H groups in total. The molecule has 0 spiro atoms. The zero-order valence-corrected chi connectivity index (χ0v) is 18.5. The summed E-state index contributed by atoms with van der Waals surface area (Å²) in [5, 5.41) is 67.7. The molecular weight excluding hydrogens is 448 g/mol. The van der Waals surface area contributed by atoms with Gasteiger partial charge in [0.1, 0.15) is 41.7 Å². The average molecular weight is 477 g/mol. The van der Waals surface area contributed by atoms with Gasteiger partial charge in [0.25, 0.3) is 0 Å². The first-order valence-corrected chi connectivity index (χ1v) is 10.6. The quantitative estimate of drug-likeness (QED) is 0.297. The first kappa shape index (κ1) is 27.1. The number of ether oxygens (including phenoxy) is 2. The summed E-state index contributed by atoms with van der Waals surface area (Å²) in [6.07, 6.45) is -2.67. The Balaban J connectivity index is 0.000000604. The van der Waals surface area contributed by atoms with E-state index in [1.807, 2.05) is 0 Å². The summed E-state index contributed by atoms with van der Waals surface area (Å²) in [6.45, 7) is 1.24. The largest absolute Gasteiger partial charge is 0.550 e. The van der Waals surface area contributed by atoms with Crippen LogP contribution in [0.2, 0.25) is 0 Å². The molecule has 34 heavy (non-hydrogen) atoms. The lowest BCUT2D eigenvalue weighted by Gasteiger charge is -2.39. The molecule has 0 aromatic heterocycles. The molecule has 1 fully saturated rings. The van der Waals surface area contributed by atoms with Crippen molar-refractivity contribution in [2.75, 3.05) is 6.61 Å². The number of phenolic OH excluding ortho intramolecular Hbond substituents is 2. The minimum Gasteiger partial charge on any atom is -0.550 e. The maximum atomic E-state index is 10.1. The average Bonchev–Trinajstić information content (AvgIpc) is 2.79. The molecule has 5 atom stereocenters. The molecule has 2 aromatic rings. The van der Waals surface area contributed by atoms with Crippen LogP contribution < -0.4 is 9.84 Å². The number of benzene rings is 2. The molecule has 0 saturated carbocycles. The number of hydrogen-bond acceptors (Lipinski definition) is 10. The number of aliphatic hydroxyl groups excluding tert-OH is 4. The summed E-state index contributed by atoms with van der Waals surface area (Å²) in [5.74, 6) is -0.732. The van der Waals surface area contributed by atoms with Gasteiger partial charge in [0.05, 0.1) is 6.61 Å². The third-order valence-electron chi connectivity index (χ3n) is 4.83. The summed E-state index contributed by atoms with van der Waals surface area (Å²) in [6, 6.07) is 10.9. The van der Waals surface area contributed by atoms with Crippen LogP contribution in [0.5, 0.6) is 17.2 Å². The normalized spacial score (nSPS) is 24.3. The standard InChI is InChI=1S/C20H22O8.C4H8O2/c21-10-16-17(24)18(25)19(26)20(28-16)27-15-8-12(7-14(23)9-15)2-1-11-3-5-13(22)6-4-11;1-2-3-4(5)6/h1-9,16-26H,10H2;2-3H2,1H3,(H,5,6)/p-1/b2-1+;/t16-,17-,18+,19-,20-;/m1./s1. The van der Waals surface area contributed by atoms with E-state index in [4.69, 9.17) is 9.47 Å². The van der Waals surface area contributed by atoms with E-state index in [1.165, 1.54) is 12.1 Å². The van der Waals surface area contributed by atoms with Gasteiger partial charge in [-0.2, -0.15) is 0 Å². The number of carbonyl (C=O) groups excluding carboxylic acids is 1. The summed E-state index contributed by atoms with van der Waals surface area (Å²) >= 11 is 0. The number of hydrogen-bond donors (Lipinski definition) is 6. The molecule has 186 valence electrons. The van der Waals surface area contributed by atoms with Crippen LogP contribution in [-0.2, 0) is 9.53 Å². The molecule has 0 radical (unpaired) electrons. The van der Waals surface area contributed by atoms with E-state index in [0.717, 1.165) is 5.56 Å². The Bertz CT molecular complexity index is 941. The van der Waals surface area contributed by atoms with Gasteiger partial charge in [0.2, 0.25) is 6.29 Å². The van der Waals surface area contributed by atoms with E-state index in [1.54, 1.807) is 49.4 Å². The summed E-state index contributed by atoms with van der Waals surface area (Å²) < 4.78 is 10.8.